The van der Waals surface area contributed by atoms with Gasteiger partial charge in [-0.3, -0.25) is 19.6 Å². The molecule has 3 rings (SSSR count). The van der Waals surface area contributed by atoms with Crippen LogP contribution in [0.25, 0.3) is 0 Å². The van der Waals surface area contributed by atoms with Gasteiger partial charge in [-0.2, -0.15) is 0 Å². The third kappa shape index (κ3) is 5.23. The summed E-state index contributed by atoms with van der Waals surface area (Å²) in [7, 11) is -2.52. The van der Waals surface area contributed by atoms with E-state index in [0.29, 0.717) is 5.56 Å². The predicted octanol–water partition coefficient (Wildman–Crippen LogP) is 3.81. The van der Waals surface area contributed by atoms with Gasteiger partial charge in [-0.1, -0.05) is 24.3 Å². The number of hydrogen-bond donors (Lipinski definition) is 1. The highest BCUT2D eigenvalue weighted by Crippen LogP contribution is 2.21. The van der Waals surface area contributed by atoms with Gasteiger partial charge in [0.2, 0.25) is 0 Å². The summed E-state index contributed by atoms with van der Waals surface area (Å²) in [5.74, 6) is -0.774. The Bertz CT molecular complexity index is 1230. The number of halogens is 1. The lowest BCUT2D eigenvalue weighted by atomic mass is 10.1. The van der Waals surface area contributed by atoms with Crippen molar-refractivity contribution in [1.82, 2.24) is 4.90 Å². The molecule has 8 nitrogen and oxygen atoms in total. The van der Waals surface area contributed by atoms with E-state index < -0.39 is 20.8 Å². The lowest BCUT2D eigenvalue weighted by Crippen LogP contribution is -2.26. The van der Waals surface area contributed by atoms with Gasteiger partial charge in [-0.05, 0) is 36.4 Å². The van der Waals surface area contributed by atoms with Crippen LogP contribution in [0.2, 0.25) is 0 Å². The number of non-ortho nitro benzene ring substituents is 1. The molecular formula is C21H18FN3O5S. The molecule has 3 aromatic rings. The number of amides is 1. The van der Waals surface area contributed by atoms with Crippen molar-refractivity contribution in [3.63, 3.8) is 0 Å². The van der Waals surface area contributed by atoms with Crippen molar-refractivity contribution < 1.29 is 22.5 Å². The van der Waals surface area contributed by atoms with Crippen LogP contribution in [0.1, 0.15) is 15.9 Å². The number of nitrogens with zero attached hydrogens (tertiary/aromatic N) is 2. The minimum Gasteiger partial charge on any atom is -0.337 e. The molecule has 10 heteroatoms. The molecule has 3 aromatic carbocycles. The Hall–Kier alpha value is -3.79. The van der Waals surface area contributed by atoms with Crippen LogP contribution in [0.5, 0.6) is 0 Å². The van der Waals surface area contributed by atoms with Crippen LogP contribution in [0.3, 0.4) is 0 Å². The third-order valence-electron chi connectivity index (χ3n) is 4.43. The number of nitro benzene ring substituents is 1. The molecule has 31 heavy (non-hydrogen) atoms. The molecular weight excluding hydrogens is 425 g/mol. The number of nitro groups is 1. The maximum absolute atomic E-state index is 13.8. The quantitative estimate of drug-likeness (QED) is 0.441. The maximum atomic E-state index is 13.8. The van der Waals surface area contributed by atoms with E-state index in [9.17, 15) is 27.7 Å². The number of sulfonamides is 1. The van der Waals surface area contributed by atoms with Gasteiger partial charge in [0, 0.05) is 42.5 Å². The second-order valence-electron chi connectivity index (χ2n) is 6.69. The van der Waals surface area contributed by atoms with Crippen molar-refractivity contribution in [3.8, 4) is 0 Å². The highest BCUT2D eigenvalue weighted by molar-refractivity contribution is 7.92. The summed E-state index contributed by atoms with van der Waals surface area (Å²) in [4.78, 5) is 23.8. The Morgan fingerprint density at radius 1 is 1.06 bits per heavy atom. The molecule has 1 amide bonds. The summed E-state index contributed by atoms with van der Waals surface area (Å²) in [5, 5.41) is 10.9. The topological polar surface area (TPSA) is 110 Å². The zero-order valence-electron chi connectivity index (χ0n) is 16.4. The normalized spacial score (nSPS) is 11.0. The molecule has 0 radical (unpaired) electrons. The Balaban J connectivity index is 1.72. The highest BCUT2D eigenvalue weighted by atomic mass is 32.2. The van der Waals surface area contributed by atoms with Gasteiger partial charge < -0.3 is 4.90 Å². The van der Waals surface area contributed by atoms with Gasteiger partial charge in [0.05, 0.1) is 9.82 Å². The van der Waals surface area contributed by atoms with Crippen LogP contribution in [0.4, 0.5) is 15.8 Å². The molecule has 0 aliphatic carbocycles. The Morgan fingerprint density at radius 3 is 2.39 bits per heavy atom. The van der Waals surface area contributed by atoms with E-state index in [1.54, 1.807) is 18.2 Å². The minimum absolute atomic E-state index is 0.0761. The summed E-state index contributed by atoms with van der Waals surface area (Å²) in [6.07, 6.45) is 0. The van der Waals surface area contributed by atoms with Crippen LogP contribution in [-0.4, -0.2) is 31.2 Å². The predicted molar refractivity (Wildman–Crippen MR) is 113 cm³/mol. The highest BCUT2D eigenvalue weighted by Gasteiger charge is 2.19. The molecule has 0 aromatic heterocycles. The smallest absolute Gasteiger partial charge is 0.270 e. The van der Waals surface area contributed by atoms with Gasteiger partial charge in [-0.25, -0.2) is 12.8 Å². The third-order valence-corrected chi connectivity index (χ3v) is 5.81. The molecule has 0 spiro atoms. The van der Waals surface area contributed by atoms with E-state index in [1.807, 2.05) is 0 Å². The van der Waals surface area contributed by atoms with E-state index in [-0.39, 0.29) is 34.3 Å². The molecule has 0 fully saturated rings. The fourth-order valence-electron chi connectivity index (χ4n) is 2.83. The first-order valence-corrected chi connectivity index (χ1v) is 10.5. The number of rotatable bonds is 7. The summed E-state index contributed by atoms with van der Waals surface area (Å²) < 4.78 is 41.1. The van der Waals surface area contributed by atoms with Gasteiger partial charge in [0.25, 0.3) is 21.6 Å². The largest absolute Gasteiger partial charge is 0.337 e. The molecule has 0 saturated carbocycles. The van der Waals surface area contributed by atoms with Crippen molar-refractivity contribution in [3.05, 3.63) is 99.9 Å². The van der Waals surface area contributed by atoms with Crippen LogP contribution >= 0.6 is 0 Å². The SMILES string of the molecule is CN(Cc1ccccc1F)C(=O)c1ccc(NS(=O)(=O)c2cccc([N+](=O)[O-])c2)cc1. The van der Waals surface area contributed by atoms with Crippen molar-refractivity contribution in [2.24, 2.45) is 0 Å². The van der Waals surface area contributed by atoms with Crippen molar-refractivity contribution >= 4 is 27.3 Å². The summed E-state index contributed by atoms with van der Waals surface area (Å²) in [6, 6.07) is 16.5. The zero-order valence-corrected chi connectivity index (χ0v) is 17.2. The lowest BCUT2D eigenvalue weighted by molar-refractivity contribution is -0.385. The number of benzene rings is 3. The summed E-state index contributed by atoms with van der Waals surface area (Å²) in [5.41, 5.74) is 0.498. The molecule has 160 valence electrons. The maximum Gasteiger partial charge on any atom is 0.270 e. The monoisotopic (exact) mass is 443 g/mol. The van der Waals surface area contributed by atoms with Crippen molar-refractivity contribution in [2.45, 2.75) is 11.4 Å². The average molecular weight is 443 g/mol. The average Bonchev–Trinajstić information content (AvgIpc) is 2.75. The van der Waals surface area contributed by atoms with E-state index >= 15 is 0 Å². The molecule has 0 atom stereocenters. The number of carbonyl (C=O) groups excluding carboxylic acids is 1. The van der Waals surface area contributed by atoms with Crippen LogP contribution in [-0.2, 0) is 16.6 Å². The molecule has 0 unspecified atom stereocenters. The first-order chi connectivity index (χ1) is 14.7. The molecule has 1 N–H and O–H groups in total. The summed E-state index contributed by atoms with van der Waals surface area (Å²) in [6.45, 7) is 0.0761. The Labute approximate surface area is 178 Å². The van der Waals surface area contributed by atoms with Gasteiger partial charge in [0.1, 0.15) is 5.82 Å². The number of nitrogens with one attached hydrogen (secondary N) is 1. The second kappa shape index (κ2) is 8.92. The van der Waals surface area contributed by atoms with Crippen LogP contribution in [0, 0.1) is 15.9 Å². The first kappa shape index (κ1) is 21.9. The molecule has 0 aliphatic rings. The van der Waals surface area contributed by atoms with E-state index in [2.05, 4.69) is 4.72 Å². The van der Waals surface area contributed by atoms with Gasteiger partial charge in [-0.15, -0.1) is 0 Å². The van der Waals surface area contributed by atoms with E-state index in [0.717, 1.165) is 6.07 Å². The van der Waals surface area contributed by atoms with Gasteiger partial charge in [0.15, 0.2) is 0 Å². The van der Waals surface area contributed by atoms with Crippen LogP contribution < -0.4 is 4.72 Å². The molecule has 0 heterocycles. The molecule has 0 aliphatic heterocycles. The van der Waals surface area contributed by atoms with Gasteiger partial charge >= 0.3 is 0 Å². The number of anilines is 1. The number of hydrogen-bond acceptors (Lipinski definition) is 5. The molecule has 0 saturated heterocycles. The Kier molecular flexibility index (Phi) is 6.30. The first-order valence-electron chi connectivity index (χ1n) is 9.03. The van der Waals surface area contributed by atoms with E-state index in [1.165, 1.54) is 60.5 Å². The zero-order chi connectivity index (χ0) is 22.6. The lowest BCUT2D eigenvalue weighted by Gasteiger charge is -2.18. The number of carbonyl (C=O) groups is 1. The minimum atomic E-state index is -4.06. The van der Waals surface area contributed by atoms with Crippen molar-refractivity contribution in [2.75, 3.05) is 11.8 Å². The van der Waals surface area contributed by atoms with E-state index in [4.69, 9.17) is 0 Å². The second-order valence-corrected chi connectivity index (χ2v) is 8.37. The summed E-state index contributed by atoms with van der Waals surface area (Å²) >= 11 is 0. The standard InChI is InChI=1S/C21H18FN3O5S/c1-24(14-16-5-2-3-8-20(16)22)21(26)15-9-11-17(12-10-15)23-31(29,30)19-7-4-6-18(13-19)25(27)28/h2-13,23H,14H2,1H3. The fraction of sp³-hybridized carbons (Fsp3) is 0.0952. The Morgan fingerprint density at radius 2 is 1.74 bits per heavy atom. The van der Waals surface area contributed by atoms with Crippen molar-refractivity contribution in [1.29, 1.82) is 0 Å². The van der Waals surface area contributed by atoms with Crippen LogP contribution in [0.15, 0.2) is 77.7 Å². The molecule has 0 bridgehead atoms. The fourth-order valence-corrected chi connectivity index (χ4v) is 3.93.